The first-order valence-electron chi connectivity index (χ1n) is 6.91. The highest BCUT2D eigenvalue weighted by atomic mass is 16.4. The van der Waals surface area contributed by atoms with Crippen LogP contribution >= 0.6 is 0 Å². The van der Waals surface area contributed by atoms with Gasteiger partial charge in [0, 0.05) is 13.1 Å². The second kappa shape index (κ2) is 6.71. The van der Waals surface area contributed by atoms with Crippen LogP contribution in [0, 0.1) is 12.3 Å². The maximum atomic E-state index is 11.5. The van der Waals surface area contributed by atoms with Crippen LogP contribution in [-0.2, 0) is 11.3 Å². The van der Waals surface area contributed by atoms with Crippen LogP contribution in [0.5, 0.6) is 0 Å². The van der Waals surface area contributed by atoms with Crippen LogP contribution in [-0.4, -0.2) is 29.6 Å². The van der Waals surface area contributed by atoms with E-state index in [1.165, 1.54) is 11.1 Å². The molecule has 0 fully saturated rings. The number of rotatable bonds is 7. The normalized spacial score (nSPS) is 11.8. The van der Waals surface area contributed by atoms with Gasteiger partial charge in [-0.05, 0) is 32.4 Å². The van der Waals surface area contributed by atoms with Gasteiger partial charge in [0.2, 0.25) is 0 Å². The Morgan fingerprint density at radius 2 is 1.74 bits per heavy atom. The third-order valence-electron chi connectivity index (χ3n) is 3.95. The highest BCUT2D eigenvalue weighted by Crippen LogP contribution is 2.28. The molecular weight excluding hydrogens is 238 g/mol. The second-order valence-corrected chi connectivity index (χ2v) is 5.45. The van der Waals surface area contributed by atoms with Crippen molar-refractivity contribution < 1.29 is 9.90 Å². The number of aliphatic carboxylic acids is 1. The molecule has 3 heteroatoms. The first-order valence-corrected chi connectivity index (χ1v) is 6.91. The predicted octanol–water partition coefficient (Wildman–Crippen LogP) is 3.32. The molecule has 0 aliphatic heterocycles. The van der Waals surface area contributed by atoms with Crippen molar-refractivity contribution in [1.82, 2.24) is 4.90 Å². The summed E-state index contributed by atoms with van der Waals surface area (Å²) in [6.07, 6.45) is 1.33. The number of nitrogens with zero attached hydrogens (tertiary/aromatic N) is 1. The van der Waals surface area contributed by atoms with Crippen molar-refractivity contribution in [2.45, 2.75) is 40.2 Å². The number of carboxylic acid groups (broad SMARTS) is 1. The van der Waals surface area contributed by atoms with Crippen molar-refractivity contribution in [3.63, 3.8) is 0 Å². The van der Waals surface area contributed by atoms with Crippen molar-refractivity contribution in [2.24, 2.45) is 5.41 Å². The largest absolute Gasteiger partial charge is 0.481 e. The fourth-order valence-corrected chi connectivity index (χ4v) is 2.42. The molecule has 1 rings (SSSR count). The maximum Gasteiger partial charge on any atom is 0.310 e. The Labute approximate surface area is 116 Å². The van der Waals surface area contributed by atoms with Crippen molar-refractivity contribution in [3.05, 3.63) is 35.4 Å². The molecule has 0 bridgehead atoms. The minimum Gasteiger partial charge on any atom is -0.481 e. The van der Waals surface area contributed by atoms with E-state index in [9.17, 15) is 9.90 Å². The smallest absolute Gasteiger partial charge is 0.310 e. The molecule has 1 aromatic carbocycles. The maximum absolute atomic E-state index is 11.5. The summed E-state index contributed by atoms with van der Waals surface area (Å²) in [5.74, 6) is -0.687. The Bertz CT molecular complexity index is 407. The molecule has 106 valence electrons. The van der Waals surface area contributed by atoms with Crippen LogP contribution in [0.4, 0.5) is 0 Å². The number of hydrogen-bond acceptors (Lipinski definition) is 2. The highest BCUT2D eigenvalue weighted by molar-refractivity contribution is 5.74. The molecule has 0 atom stereocenters. The summed E-state index contributed by atoms with van der Waals surface area (Å²) in [5, 5.41) is 9.45. The van der Waals surface area contributed by atoms with E-state index in [2.05, 4.69) is 36.1 Å². The zero-order valence-corrected chi connectivity index (χ0v) is 12.4. The molecule has 1 N–H and O–H groups in total. The van der Waals surface area contributed by atoms with Crippen LogP contribution in [0.1, 0.15) is 37.8 Å². The fourth-order valence-electron chi connectivity index (χ4n) is 2.42. The van der Waals surface area contributed by atoms with Gasteiger partial charge in [-0.2, -0.15) is 0 Å². The fraction of sp³-hybridized carbons (Fsp3) is 0.562. The summed E-state index contributed by atoms with van der Waals surface area (Å²) in [6.45, 7) is 7.35. The first-order chi connectivity index (χ1) is 8.93. The van der Waals surface area contributed by atoms with Gasteiger partial charge in [-0.15, -0.1) is 0 Å². The molecule has 0 saturated heterocycles. The van der Waals surface area contributed by atoms with E-state index in [0.29, 0.717) is 19.4 Å². The average Bonchev–Trinajstić information content (AvgIpc) is 2.38. The van der Waals surface area contributed by atoms with Gasteiger partial charge in [0.05, 0.1) is 5.41 Å². The Kier molecular flexibility index (Phi) is 5.55. The number of carbonyl (C=O) groups is 1. The van der Waals surface area contributed by atoms with Gasteiger partial charge in [0.15, 0.2) is 0 Å². The molecule has 0 aliphatic rings. The van der Waals surface area contributed by atoms with Gasteiger partial charge in [-0.1, -0.05) is 43.7 Å². The quantitative estimate of drug-likeness (QED) is 0.820. The Morgan fingerprint density at radius 1 is 1.21 bits per heavy atom. The SMILES string of the molecule is CCC(CC)(CN(C)Cc1ccc(C)cc1)C(=O)O. The van der Waals surface area contributed by atoms with E-state index < -0.39 is 11.4 Å². The van der Waals surface area contributed by atoms with Crippen molar-refractivity contribution in [3.8, 4) is 0 Å². The van der Waals surface area contributed by atoms with Gasteiger partial charge < -0.3 is 10.0 Å². The highest BCUT2D eigenvalue weighted by Gasteiger charge is 2.35. The topological polar surface area (TPSA) is 40.5 Å². The molecule has 0 spiro atoms. The van der Waals surface area contributed by atoms with Crippen LogP contribution in [0.3, 0.4) is 0 Å². The molecule has 1 aromatic rings. The molecule has 0 saturated carbocycles. The van der Waals surface area contributed by atoms with Crippen LogP contribution in [0.2, 0.25) is 0 Å². The van der Waals surface area contributed by atoms with Gasteiger partial charge in [-0.3, -0.25) is 4.79 Å². The molecular formula is C16H25NO2. The predicted molar refractivity (Wildman–Crippen MR) is 78.2 cm³/mol. The number of aryl methyl sites for hydroxylation is 1. The summed E-state index contributed by atoms with van der Waals surface area (Å²) >= 11 is 0. The van der Waals surface area contributed by atoms with Gasteiger partial charge in [0.1, 0.15) is 0 Å². The molecule has 3 nitrogen and oxygen atoms in total. The Balaban J connectivity index is 2.70. The first kappa shape index (κ1) is 15.7. The molecule has 0 radical (unpaired) electrons. The van der Waals surface area contributed by atoms with E-state index in [0.717, 1.165) is 6.54 Å². The summed E-state index contributed by atoms with van der Waals surface area (Å²) in [5.41, 5.74) is 1.84. The van der Waals surface area contributed by atoms with Crippen LogP contribution < -0.4 is 0 Å². The Morgan fingerprint density at radius 3 is 2.16 bits per heavy atom. The number of benzene rings is 1. The molecule has 0 aromatic heterocycles. The molecule has 0 amide bonds. The van der Waals surface area contributed by atoms with Crippen molar-refractivity contribution in [1.29, 1.82) is 0 Å². The summed E-state index contributed by atoms with van der Waals surface area (Å²) in [6, 6.07) is 8.39. The standard InChI is InChI=1S/C16H25NO2/c1-5-16(6-2,15(18)19)12-17(4)11-14-9-7-13(3)8-10-14/h7-10H,5-6,11-12H2,1-4H3,(H,18,19). The van der Waals surface area contributed by atoms with Gasteiger partial charge in [0.25, 0.3) is 0 Å². The summed E-state index contributed by atoms with van der Waals surface area (Å²) in [7, 11) is 1.99. The van der Waals surface area contributed by atoms with E-state index in [1.54, 1.807) is 0 Å². The zero-order chi connectivity index (χ0) is 14.5. The third kappa shape index (κ3) is 4.06. The average molecular weight is 263 g/mol. The lowest BCUT2D eigenvalue weighted by Gasteiger charge is -2.31. The van der Waals surface area contributed by atoms with Crippen molar-refractivity contribution >= 4 is 5.97 Å². The van der Waals surface area contributed by atoms with Crippen LogP contribution in [0.15, 0.2) is 24.3 Å². The van der Waals surface area contributed by atoms with E-state index >= 15 is 0 Å². The third-order valence-corrected chi connectivity index (χ3v) is 3.95. The van der Waals surface area contributed by atoms with Crippen LogP contribution in [0.25, 0.3) is 0 Å². The lowest BCUT2D eigenvalue weighted by Crippen LogP contribution is -2.40. The number of carboxylic acids is 1. The lowest BCUT2D eigenvalue weighted by atomic mass is 9.82. The molecule has 0 aliphatic carbocycles. The van der Waals surface area contributed by atoms with E-state index in [-0.39, 0.29) is 0 Å². The van der Waals surface area contributed by atoms with Gasteiger partial charge in [-0.25, -0.2) is 0 Å². The summed E-state index contributed by atoms with van der Waals surface area (Å²) < 4.78 is 0. The monoisotopic (exact) mass is 263 g/mol. The minimum absolute atomic E-state index is 0.587. The zero-order valence-electron chi connectivity index (χ0n) is 12.4. The lowest BCUT2D eigenvalue weighted by molar-refractivity contribution is -0.150. The van der Waals surface area contributed by atoms with E-state index in [1.807, 2.05) is 20.9 Å². The van der Waals surface area contributed by atoms with E-state index in [4.69, 9.17) is 0 Å². The Hall–Kier alpha value is -1.35. The molecule has 19 heavy (non-hydrogen) atoms. The van der Waals surface area contributed by atoms with Gasteiger partial charge >= 0.3 is 5.97 Å². The minimum atomic E-state index is -0.687. The number of hydrogen-bond donors (Lipinski definition) is 1. The van der Waals surface area contributed by atoms with Crippen molar-refractivity contribution in [2.75, 3.05) is 13.6 Å². The summed E-state index contributed by atoms with van der Waals surface area (Å²) in [4.78, 5) is 13.6. The molecule has 0 heterocycles. The molecule has 0 unspecified atom stereocenters. The second-order valence-electron chi connectivity index (χ2n) is 5.45.